The van der Waals surface area contributed by atoms with Crippen LogP contribution in [0.2, 0.25) is 0 Å². The van der Waals surface area contributed by atoms with Gasteiger partial charge in [0.05, 0.1) is 11.3 Å². The molecule has 1 heterocycles. The zero-order chi connectivity index (χ0) is 23.2. The van der Waals surface area contributed by atoms with Gasteiger partial charge < -0.3 is 5.32 Å². The van der Waals surface area contributed by atoms with E-state index in [0.717, 1.165) is 44.6 Å². The van der Waals surface area contributed by atoms with E-state index in [4.69, 9.17) is 0 Å². The van der Waals surface area contributed by atoms with E-state index in [0.29, 0.717) is 17.0 Å². The van der Waals surface area contributed by atoms with Crippen LogP contribution in [0.15, 0.2) is 60.3 Å². The van der Waals surface area contributed by atoms with E-state index in [1.807, 2.05) is 90.1 Å². The SMILES string of the molecule is Cc1cc(C)cc(NC2=C(c3ccc(C)cc3C)C(=O)N(c3ccc(C)c(C)c3)C2=O)c1. The fourth-order valence-corrected chi connectivity index (χ4v) is 4.28. The van der Waals surface area contributed by atoms with Gasteiger partial charge in [-0.15, -0.1) is 0 Å². The number of carbonyl (C=O) groups is 2. The van der Waals surface area contributed by atoms with Crippen molar-refractivity contribution in [1.82, 2.24) is 0 Å². The molecule has 0 fully saturated rings. The second-order valence-corrected chi connectivity index (χ2v) is 8.78. The van der Waals surface area contributed by atoms with Crippen LogP contribution >= 0.6 is 0 Å². The second kappa shape index (κ2) is 8.12. The minimum atomic E-state index is -0.340. The maximum Gasteiger partial charge on any atom is 0.282 e. The summed E-state index contributed by atoms with van der Waals surface area (Å²) in [5, 5.41) is 3.29. The first-order chi connectivity index (χ1) is 15.2. The third-order valence-corrected chi connectivity index (χ3v) is 5.97. The highest BCUT2D eigenvalue weighted by Gasteiger charge is 2.40. The average molecular weight is 425 g/mol. The van der Waals surface area contributed by atoms with Crippen LogP contribution in [0.25, 0.3) is 5.57 Å². The van der Waals surface area contributed by atoms with Gasteiger partial charge in [0.2, 0.25) is 0 Å². The molecule has 0 spiro atoms. The Morgan fingerprint density at radius 1 is 0.625 bits per heavy atom. The van der Waals surface area contributed by atoms with E-state index in [2.05, 4.69) is 11.4 Å². The van der Waals surface area contributed by atoms with E-state index in [-0.39, 0.29) is 11.8 Å². The van der Waals surface area contributed by atoms with Gasteiger partial charge in [-0.1, -0.05) is 35.9 Å². The van der Waals surface area contributed by atoms with E-state index >= 15 is 0 Å². The van der Waals surface area contributed by atoms with Gasteiger partial charge in [0, 0.05) is 5.69 Å². The molecule has 2 amide bonds. The number of hydrogen-bond acceptors (Lipinski definition) is 3. The first-order valence-corrected chi connectivity index (χ1v) is 10.8. The van der Waals surface area contributed by atoms with Gasteiger partial charge in [-0.25, -0.2) is 4.90 Å². The Hall–Kier alpha value is -3.66. The molecule has 0 aliphatic carbocycles. The van der Waals surface area contributed by atoms with Gasteiger partial charge in [0.25, 0.3) is 11.8 Å². The zero-order valence-electron chi connectivity index (χ0n) is 19.5. The maximum atomic E-state index is 13.7. The normalized spacial score (nSPS) is 13.9. The van der Waals surface area contributed by atoms with Crippen molar-refractivity contribution in [2.24, 2.45) is 0 Å². The van der Waals surface area contributed by atoms with Gasteiger partial charge >= 0.3 is 0 Å². The van der Waals surface area contributed by atoms with Crippen molar-refractivity contribution in [3.05, 3.63) is 99.2 Å². The highest BCUT2D eigenvalue weighted by molar-refractivity contribution is 6.46. The molecule has 0 bridgehead atoms. The van der Waals surface area contributed by atoms with Crippen molar-refractivity contribution < 1.29 is 9.59 Å². The summed E-state index contributed by atoms with van der Waals surface area (Å²) in [6.45, 7) is 12.0. The fraction of sp³-hybridized carbons (Fsp3) is 0.214. The summed E-state index contributed by atoms with van der Waals surface area (Å²) in [5.74, 6) is -0.649. The minimum Gasteiger partial charge on any atom is -0.350 e. The van der Waals surface area contributed by atoms with Crippen LogP contribution in [0.3, 0.4) is 0 Å². The molecule has 1 aliphatic heterocycles. The molecule has 1 aliphatic rings. The van der Waals surface area contributed by atoms with Crippen molar-refractivity contribution in [1.29, 1.82) is 0 Å². The van der Waals surface area contributed by atoms with Gasteiger partial charge in [-0.2, -0.15) is 0 Å². The summed E-state index contributed by atoms with van der Waals surface area (Å²) in [4.78, 5) is 28.6. The Bertz CT molecular complexity index is 1280. The highest BCUT2D eigenvalue weighted by Crippen LogP contribution is 2.36. The number of nitrogens with one attached hydrogen (secondary N) is 1. The quantitative estimate of drug-likeness (QED) is 0.528. The molecule has 0 saturated carbocycles. The number of anilines is 2. The summed E-state index contributed by atoms with van der Waals surface area (Å²) in [6, 6.07) is 17.6. The average Bonchev–Trinajstić information content (AvgIpc) is 2.93. The molecule has 0 saturated heterocycles. The van der Waals surface area contributed by atoms with Crippen LogP contribution in [0, 0.1) is 41.5 Å². The largest absolute Gasteiger partial charge is 0.350 e. The molecule has 1 N–H and O–H groups in total. The van der Waals surface area contributed by atoms with E-state index in [1.54, 1.807) is 0 Å². The molecule has 162 valence electrons. The molecule has 0 unspecified atom stereocenters. The zero-order valence-corrected chi connectivity index (χ0v) is 19.5. The number of imide groups is 1. The smallest absolute Gasteiger partial charge is 0.282 e. The van der Waals surface area contributed by atoms with Crippen LogP contribution in [0.5, 0.6) is 0 Å². The summed E-state index contributed by atoms with van der Waals surface area (Å²) >= 11 is 0. The predicted molar refractivity (Wildman–Crippen MR) is 131 cm³/mol. The van der Waals surface area contributed by atoms with Crippen LogP contribution < -0.4 is 10.2 Å². The van der Waals surface area contributed by atoms with E-state index in [9.17, 15) is 9.59 Å². The summed E-state index contributed by atoms with van der Waals surface area (Å²) in [6.07, 6.45) is 0. The van der Waals surface area contributed by atoms with Crippen LogP contribution in [-0.4, -0.2) is 11.8 Å². The second-order valence-electron chi connectivity index (χ2n) is 8.78. The number of nitrogens with zero attached hydrogens (tertiary/aromatic N) is 1. The molecule has 4 heteroatoms. The Kier molecular flexibility index (Phi) is 5.47. The standard InChI is InChI=1S/C28H28N2O2/c1-16-7-10-24(21(6)12-16)25-26(29-22-13-17(2)11-18(3)14-22)28(32)30(27(25)31)23-9-8-19(4)20(5)15-23/h7-15,29H,1-6H3. The number of carbonyl (C=O) groups excluding carboxylic acids is 2. The van der Waals surface area contributed by atoms with E-state index in [1.165, 1.54) is 4.90 Å². The molecule has 0 aromatic heterocycles. The molecule has 32 heavy (non-hydrogen) atoms. The van der Waals surface area contributed by atoms with Gasteiger partial charge in [0.15, 0.2) is 0 Å². The fourth-order valence-electron chi connectivity index (χ4n) is 4.28. The van der Waals surface area contributed by atoms with Crippen molar-refractivity contribution in [3.63, 3.8) is 0 Å². The molecule has 3 aromatic rings. The van der Waals surface area contributed by atoms with Crippen molar-refractivity contribution in [2.75, 3.05) is 10.2 Å². The van der Waals surface area contributed by atoms with Crippen LogP contribution in [-0.2, 0) is 9.59 Å². The maximum absolute atomic E-state index is 13.7. The summed E-state index contributed by atoms with van der Waals surface area (Å²) in [7, 11) is 0. The lowest BCUT2D eigenvalue weighted by molar-refractivity contribution is -0.120. The topological polar surface area (TPSA) is 49.4 Å². The minimum absolute atomic E-state index is 0.308. The van der Waals surface area contributed by atoms with Gasteiger partial charge in [0.1, 0.15) is 5.70 Å². The Balaban J connectivity index is 1.88. The summed E-state index contributed by atoms with van der Waals surface area (Å²) < 4.78 is 0. The molecular formula is C28H28N2O2. The summed E-state index contributed by atoms with van der Waals surface area (Å²) in [5.41, 5.74) is 9.26. The first kappa shape index (κ1) is 21.6. The first-order valence-electron chi connectivity index (χ1n) is 10.8. The Morgan fingerprint density at radius 2 is 1.31 bits per heavy atom. The van der Waals surface area contributed by atoms with Crippen molar-refractivity contribution >= 4 is 28.8 Å². The van der Waals surface area contributed by atoms with Gasteiger partial charge in [-0.05, 0) is 99.2 Å². The third kappa shape index (κ3) is 3.84. The third-order valence-electron chi connectivity index (χ3n) is 5.97. The number of aryl methyl sites for hydroxylation is 6. The molecular weight excluding hydrogens is 396 g/mol. The monoisotopic (exact) mass is 424 g/mol. The lowest BCUT2D eigenvalue weighted by Crippen LogP contribution is -2.32. The molecule has 0 radical (unpaired) electrons. The highest BCUT2D eigenvalue weighted by atomic mass is 16.2. The number of rotatable bonds is 4. The lowest BCUT2D eigenvalue weighted by Gasteiger charge is -2.17. The van der Waals surface area contributed by atoms with E-state index < -0.39 is 0 Å². The lowest BCUT2D eigenvalue weighted by atomic mass is 9.97. The molecule has 4 rings (SSSR count). The van der Waals surface area contributed by atoms with Gasteiger partial charge in [-0.3, -0.25) is 9.59 Å². The Labute approximate surface area is 189 Å². The number of amides is 2. The Morgan fingerprint density at radius 3 is 1.94 bits per heavy atom. The molecule has 4 nitrogen and oxygen atoms in total. The molecule has 0 atom stereocenters. The van der Waals surface area contributed by atoms with Crippen molar-refractivity contribution in [2.45, 2.75) is 41.5 Å². The number of hydrogen-bond donors (Lipinski definition) is 1. The number of benzene rings is 3. The van der Waals surface area contributed by atoms with Crippen molar-refractivity contribution in [3.8, 4) is 0 Å². The van der Waals surface area contributed by atoms with Crippen LogP contribution in [0.1, 0.15) is 38.9 Å². The molecule has 3 aromatic carbocycles. The van der Waals surface area contributed by atoms with Crippen LogP contribution in [0.4, 0.5) is 11.4 Å². The predicted octanol–water partition coefficient (Wildman–Crippen LogP) is 5.93.